The number of imidazole rings is 1. The number of pyridine rings is 1. The molecule has 0 aliphatic carbocycles. The summed E-state index contributed by atoms with van der Waals surface area (Å²) in [6.07, 6.45) is 2.55. The number of ether oxygens (including phenoxy) is 1. The molecule has 3 aromatic heterocycles. The SMILES string of the molecule is CCc1ccc(C2/C(=C(\O)c3c(C)nc4ccccn34)C(=O)C(=O)N2c2nc(C)c(C(=O)OC)s2)cc1. The van der Waals surface area contributed by atoms with Crippen molar-refractivity contribution in [1.29, 1.82) is 0 Å². The van der Waals surface area contributed by atoms with E-state index in [0.29, 0.717) is 28.3 Å². The second-order valence-electron chi connectivity index (χ2n) is 8.64. The lowest BCUT2D eigenvalue weighted by molar-refractivity contribution is -0.132. The molecule has 1 unspecified atom stereocenters. The third-order valence-corrected chi connectivity index (χ3v) is 7.58. The van der Waals surface area contributed by atoms with Gasteiger partial charge in [-0.2, -0.15) is 0 Å². The summed E-state index contributed by atoms with van der Waals surface area (Å²) in [5, 5.41) is 11.8. The fraction of sp³-hybridized carbons (Fsp3) is 0.222. The predicted molar refractivity (Wildman–Crippen MR) is 139 cm³/mol. The summed E-state index contributed by atoms with van der Waals surface area (Å²) in [6, 6.07) is 11.9. The Morgan fingerprint density at radius 2 is 1.81 bits per heavy atom. The number of carbonyl (C=O) groups excluding carboxylic acids is 3. The molecule has 188 valence electrons. The number of anilines is 1. The maximum atomic E-state index is 13.5. The van der Waals surface area contributed by atoms with Crippen molar-refractivity contribution in [2.45, 2.75) is 33.2 Å². The number of rotatable bonds is 5. The minimum atomic E-state index is -0.962. The van der Waals surface area contributed by atoms with Gasteiger partial charge in [0.15, 0.2) is 10.9 Å². The van der Waals surface area contributed by atoms with Crippen LogP contribution in [0.2, 0.25) is 0 Å². The molecule has 1 aliphatic rings. The van der Waals surface area contributed by atoms with Gasteiger partial charge in [0.2, 0.25) is 0 Å². The second-order valence-corrected chi connectivity index (χ2v) is 9.62. The number of aromatic nitrogens is 3. The molecule has 10 heteroatoms. The first-order chi connectivity index (χ1) is 17.8. The van der Waals surface area contributed by atoms with Crippen molar-refractivity contribution in [3.63, 3.8) is 0 Å². The fourth-order valence-electron chi connectivity index (χ4n) is 4.57. The highest BCUT2D eigenvalue weighted by atomic mass is 32.1. The molecule has 0 saturated carbocycles. The van der Waals surface area contributed by atoms with Crippen LogP contribution in [0.4, 0.5) is 5.13 Å². The number of aryl methyl sites for hydroxylation is 3. The molecule has 37 heavy (non-hydrogen) atoms. The molecule has 1 aliphatic heterocycles. The third kappa shape index (κ3) is 3.89. The van der Waals surface area contributed by atoms with E-state index in [1.54, 1.807) is 36.6 Å². The fourth-order valence-corrected chi connectivity index (χ4v) is 5.59. The van der Waals surface area contributed by atoms with Gasteiger partial charge < -0.3 is 9.84 Å². The molecule has 1 saturated heterocycles. The molecule has 1 amide bonds. The molecule has 4 heterocycles. The number of Topliss-reactive ketones (excluding diaryl/α,β-unsaturated/α-hetero) is 1. The van der Waals surface area contributed by atoms with Gasteiger partial charge in [0.1, 0.15) is 16.2 Å². The largest absolute Gasteiger partial charge is 0.505 e. The van der Waals surface area contributed by atoms with Crippen LogP contribution in [-0.2, 0) is 20.7 Å². The van der Waals surface area contributed by atoms with Gasteiger partial charge >= 0.3 is 11.9 Å². The number of benzene rings is 1. The van der Waals surface area contributed by atoms with Gasteiger partial charge in [0.05, 0.1) is 30.1 Å². The zero-order valence-electron chi connectivity index (χ0n) is 20.7. The minimum absolute atomic E-state index is 0.0736. The Labute approximate surface area is 216 Å². The number of carbonyl (C=O) groups is 3. The van der Waals surface area contributed by atoms with E-state index in [1.165, 1.54) is 12.0 Å². The topological polar surface area (TPSA) is 114 Å². The van der Waals surface area contributed by atoms with Crippen LogP contribution in [0.1, 0.15) is 50.8 Å². The highest BCUT2D eigenvalue weighted by Crippen LogP contribution is 2.44. The first-order valence-corrected chi connectivity index (χ1v) is 12.5. The van der Waals surface area contributed by atoms with Gasteiger partial charge in [0, 0.05) is 6.20 Å². The molecule has 1 atom stereocenters. The maximum Gasteiger partial charge on any atom is 0.350 e. The zero-order chi connectivity index (χ0) is 26.4. The van der Waals surface area contributed by atoms with Crippen molar-refractivity contribution < 1.29 is 24.2 Å². The summed E-state index contributed by atoms with van der Waals surface area (Å²) in [6.45, 7) is 5.40. The average molecular weight is 517 g/mol. The van der Waals surface area contributed by atoms with E-state index in [9.17, 15) is 19.5 Å². The molecule has 5 rings (SSSR count). The number of hydrogen-bond donors (Lipinski definition) is 1. The number of amides is 1. The monoisotopic (exact) mass is 516 g/mol. The molecule has 0 spiro atoms. The van der Waals surface area contributed by atoms with Crippen molar-refractivity contribution >= 4 is 45.5 Å². The Balaban J connectivity index is 1.76. The highest BCUT2D eigenvalue weighted by Gasteiger charge is 2.49. The van der Waals surface area contributed by atoms with Crippen LogP contribution in [0.5, 0.6) is 0 Å². The number of aliphatic hydroxyl groups is 1. The number of thiazole rings is 1. The minimum Gasteiger partial charge on any atom is -0.505 e. The molecule has 0 radical (unpaired) electrons. The lowest BCUT2D eigenvalue weighted by atomic mass is 9.95. The van der Waals surface area contributed by atoms with Crippen molar-refractivity contribution in [2.75, 3.05) is 12.0 Å². The number of hydrogen-bond acceptors (Lipinski definition) is 8. The summed E-state index contributed by atoms with van der Waals surface area (Å²) in [7, 11) is 1.26. The van der Waals surface area contributed by atoms with E-state index < -0.39 is 23.7 Å². The van der Waals surface area contributed by atoms with E-state index in [0.717, 1.165) is 23.3 Å². The molecular formula is C27H24N4O5S. The number of methoxy groups -OCH3 is 1. The molecule has 4 aromatic rings. The van der Waals surface area contributed by atoms with Crippen molar-refractivity contribution in [2.24, 2.45) is 0 Å². The Bertz CT molecular complexity index is 1600. The second kappa shape index (κ2) is 9.29. The van der Waals surface area contributed by atoms with Crippen LogP contribution in [0.3, 0.4) is 0 Å². The number of esters is 1. The first kappa shape index (κ1) is 24.4. The van der Waals surface area contributed by atoms with E-state index in [2.05, 4.69) is 9.97 Å². The van der Waals surface area contributed by atoms with E-state index in [4.69, 9.17) is 4.74 Å². The van der Waals surface area contributed by atoms with Crippen molar-refractivity contribution in [1.82, 2.24) is 14.4 Å². The Morgan fingerprint density at radius 1 is 1.08 bits per heavy atom. The third-order valence-electron chi connectivity index (χ3n) is 6.44. The lowest BCUT2D eigenvalue weighted by Gasteiger charge is -2.23. The van der Waals surface area contributed by atoms with Gasteiger partial charge in [-0.1, -0.05) is 48.6 Å². The predicted octanol–water partition coefficient (Wildman–Crippen LogP) is 4.38. The van der Waals surface area contributed by atoms with Crippen LogP contribution in [-0.4, -0.2) is 44.2 Å². The summed E-state index contributed by atoms with van der Waals surface area (Å²) < 4.78 is 6.52. The number of ketones is 1. The number of nitrogens with zero attached hydrogens (tertiary/aromatic N) is 4. The van der Waals surface area contributed by atoms with Crippen LogP contribution in [0, 0.1) is 13.8 Å². The summed E-state index contributed by atoms with van der Waals surface area (Å²) in [5.74, 6) is -2.60. The van der Waals surface area contributed by atoms with E-state index in [1.807, 2.05) is 37.3 Å². The number of aliphatic hydroxyl groups excluding tert-OH is 1. The Hall–Kier alpha value is -4.31. The van der Waals surface area contributed by atoms with Crippen LogP contribution >= 0.6 is 11.3 Å². The smallest absolute Gasteiger partial charge is 0.350 e. The van der Waals surface area contributed by atoms with Crippen LogP contribution in [0.25, 0.3) is 11.4 Å². The maximum absolute atomic E-state index is 13.5. The van der Waals surface area contributed by atoms with Crippen molar-refractivity contribution in [3.05, 3.63) is 87.3 Å². The number of fused-ring (bicyclic) bond motifs is 1. The van der Waals surface area contributed by atoms with Gasteiger partial charge in [-0.15, -0.1) is 0 Å². The molecule has 1 aromatic carbocycles. The first-order valence-electron chi connectivity index (χ1n) is 11.7. The summed E-state index contributed by atoms with van der Waals surface area (Å²) in [4.78, 5) is 49.6. The average Bonchev–Trinajstić information content (AvgIpc) is 3.53. The lowest BCUT2D eigenvalue weighted by Crippen LogP contribution is -2.29. The molecule has 1 fully saturated rings. The van der Waals surface area contributed by atoms with E-state index in [-0.39, 0.29) is 21.3 Å². The summed E-state index contributed by atoms with van der Waals surface area (Å²) >= 11 is 0.964. The summed E-state index contributed by atoms with van der Waals surface area (Å²) in [5.41, 5.74) is 3.44. The zero-order valence-corrected chi connectivity index (χ0v) is 21.5. The van der Waals surface area contributed by atoms with E-state index >= 15 is 0 Å². The van der Waals surface area contributed by atoms with Crippen LogP contribution < -0.4 is 4.90 Å². The van der Waals surface area contributed by atoms with Crippen molar-refractivity contribution in [3.8, 4) is 0 Å². The normalized spacial score (nSPS) is 17.1. The van der Waals surface area contributed by atoms with Gasteiger partial charge in [-0.25, -0.2) is 14.8 Å². The standard InChI is InChI=1S/C27H24N4O5S/c1-5-16-9-11-17(12-10-16)21-19(22(32)20-14(2)28-18-8-6-7-13-30(18)20)23(33)25(34)31(21)27-29-15(3)24(37-27)26(35)36-4/h6-13,21,32H,5H2,1-4H3/b22-19+. The Kier molecular flexibility index (Phi) is 6.12. The highest BCUT2D eigenvalue weighted by molar-refractivity contribution is 7.17. The molecule has 9 nitrogen and oxygen atoms in total. The molecular weight excluding hydrogens is 492 g/mol. The van der Waals surface area contributed by atoms with Gasteiger partial charge in [-0.3, -0.25) is 18.9 Å². The van der Waals surface area contributed by atoms with Gasteiger partial charge in [-0.05, 0) is 43.5 Å². The van der Waals surface area contributed by atoms with Crippen LogP contribution in [0.15, 0.2) is 54.2 Å². The molecule has 1 N–H and O–H groups in total. The molecule has 0 bridgehead atoms. The van der Waals surface area contributed by atoms with Gasteiger partial charge in [0.25, 0.3) is 5.78 Å². The Morgan fingerprint density at radius 3 is 2.49 bits per heavy atom. The quantitative estimate of drug-likeness (QED) is 0.181.